The third-order valence-corrected chi connectivity index (χ3v) is 8.32. The molecule has 1 aliphatic carbocycles. The summed E-state index contributed by atoms with van der Waals surface area (Å²) in [6, 6.07) is 25.5. The van der Waals surface area contributed by atoms with Crippen LogP contribution >= 0.6 is 23.4 Å². The number of halogens is 1. The molecule has 0 heterocycles. The molecule has 2 amide bonds. The molecule has 3 aromatic carbocycles. The van der Waals surface area contributed by atoms with E-state index in [0.717, 1.165) is 41.7 Å². The molecule has 4 rings (SSSR count). The molecule has 3 aromatic rings. The number of amides is 2. The van der Waals surface area contributed by atoms with E-state index in [-0.39, 0.29) is 17.9 Å². The van der Waals surface area contributed by atoms with Crippen molar-refractivity contribution in [3.8, 4) is 0 Å². The zero-order valence-corrected chi connectivity index (χ0v) is 23.6. The van der Waals surface area contributed by atoms with Crippen LogP contribution in [0.25, 0.3) is 0 Å². The third kappa shape index (κ3) is 8.64. The van der Waals surface area contributed by atoms with Crippen LogP contribution in [-0.4, -0.2) is 34.6 Å². The van der Waals surface area contributed by atoms with Crippen LogP contribution in [0.2, 0.25) is 5.02 Å². The fourth-order valence-corrected chi connectivity index (χ4v) is 6.02. The zero-order chi connectivity index (χ0) is 26.7. The summed E-state index contributed by atoms with van der Waals surface area (Å²) in [6.07, 6.45) is 6.31. The Kier molecular flexibility index (Phi) is 10.7. The van der Waals surface area contributed by atoms with Gasteiger partial charge in [0.2, 0.25) is 11.8 Å². The Morgan fingerprint density at radius 2 is 1.66 bits per heavy atom. The van der Waals surface area contributed by atoms with E-state index in [1.165, 1.54) is 12.0 Å². The number of hydrogen-bond acceptors (Lipinski definition) is 3. The van der Waals surface area contributed by atoms with Gasteiger partial charge in [0.25, 0.3) is 0 Å². The van der Waals surface area contributed by atoms with Crippen molar-refractivity contribution in [1.82, 2.24) is 10.2 Å². The smallest absolute Gasteiger partial charge is 0.243 e. The number of hydrogen-bond donors (Lipinski definition) is 1. The number of nitrogens with zero attached hydrogens (tertiary/aromatic N) is 1. The minimum absolute atomic E-state index is 0.0238. The van der Waals surface area contributed by atoms with E-state index in [0.29, 0.717) is 30.2 Å². The number of nitrogens with one attached hydrogen (secondary N) is 1. The Morgan fingerprint density at radius 1 is 0.947 bits per heavy atom. The lowest BCUT2D eigenvalue weighted by Crippen LogP contribution is -2.52. The molecular formula is C32H37ClN2O2S. The van der Waals surface area contributed by atoms with Gasteiger partial charge >= 0.3 is 0 Å². The summed E-state index contributed by atoms with van der Waals surface area (Å²) < 4.78 is 0. The van der Waals surface area contributed by atoms with Crippen LogP contribution in [0.1, 0.15) is 55.2 Å². The first-order valence-electron chi connectivity index (χ1n) is 13.6. The molecule has 1 saturated carbocycles. The standard InChI is InChI=1S/C32H37ClN2O2S/c1-24-15-17-29(18-16-24)38-20-19-31(36)35(23-26-11-8-12-27(33)21-26)30(22-25-9-4-2-5-10-25)32(37)34-28-13-6-3-7-14-28/h2,4-5,8-12,15-18,21,28,30H,3,6-7,13-14,19-20,22-23H2,1H3,(H,34,37). The topological polar surface area (TPSA) is 49.4 Å². The highest BCUT2D eigenvalue weighted by Crippen LogP contribution is 2.23. The molecular weight excluding hydrogens is 512 g/mol. The van der Waals surface area contributed by atoms with Gasteiger partial charge in [-0.1, -0.05) is 91.0 Å². The average Bonchev–Trinajstić information content (AvgIpc) is 2.93. The van der Waals surface area contributed by atoms with Crippen molar-refractivity contribution in [2.45, 2.75) is 75.4 Å². The first-order valence-corrected chi connectivity index (χ1v) is 14.9. The third-order valence-electron chi connectivity index (χ3n) is 7.07. The van der Waals surface area contributed by atoms with E-state index in [2.05, 4.69) is 36.5 Å². The summed E-state index contributed by atoms with van der Waals surface area (Å²) in [5.74, 6) is 0.558. The van der Waals surface area contributed by atoms with Crippen molar-refractivity contribution in [2.24, 2.45) is 0 Å². The predicted octanol–water partition coefficient (Wildman–Crippen LogP) is 7.22. The zero-order valence-electron chi connectivity index (χ0n) is 22.1. The number of thioether (sulfide) groups is 1. The van der Waals surface area contributed by atoms with Gasteiger partial charge in [-0.3, -0.25) is 9.59 Å². The number of aryl methyl sites for hydroxylation is 1. The van der Waals surface area contributed by atoms with Crippen LogP contribution in [0.5, 0.6) is 0 Å². The van der Waals surface area contributed by atoms with Crippen molar-refractivity contribution in [3.63, 3.8) is 0 Å². The van der Waals surface area contributed by atoms with Crippen molar-refractivity contribution >= 4 is 35.2 Å². The molecule has 1 unspecified atom stereocenters. The Morgan fingerprint density at radius 3 is 2.37 bits per heavy atom. The maximum atomic E-state index is 13.8. The summed E-state index contributed by atoms with van der Waals surface area (Å²) in [7, 11) is 0. The first kappa shape index (κ1) is 28.3. The number of carbonyl (C=O) groups is 2. The van der Waals surface area contributed by atoms with E-state index >= 15 is 0 Å². The Balaban J connectivity index is 1.56. The second-order valence-corrected chi connectivity index (χ2v) is 11.7. The normalized spacial score (nSPS) is 14.6. The van der Waals surface area contributed by atoms with Gasteiger partial charge < -0.3 is 10.2 Å². The molecule has 1 fully saturated rings. The second kappa shape index (κ2) is 14.4. The van der Waals surface area contributed by atoms with Crippen molar-refractivity contribution in [1.29, 1.82) is 0 Å². The molecule has 200 valence electrons. The van der Waals surface area contributed by atoms with Crippen LogP contribution in [0.3, 0.4) is 0 Å². The molecule has 0 aliphatic heterocycles. The molecule has 0 bridgehead atoms. The first-order chi connectivity index (χ1) is 18.5. The Labute approximate surface area is 236 Å². The fraction of sp³-hybridized carbons (Fsp3) is 0.375. The van der Waals surface area contributed by atoms with Gasteiger partial charge in [-0.2, -0.15) is 0 Å². The van der Waals surface area contributed by atoms with E-state index in [9.17, 15) is 9.59 Å². The summed E-state index contributed by atoms with van der Waals surface area (Å²) >= 11 is 7.95. The molecule has 0 aromatic heterocycles. The molecule has 38 heavy (non-hydrogen) atoms. The minimum atomic E-state index is -0.602. The predicted molar refractivity (Wildman–Crippen MR) is 157 cm³/mol. The largest absolute Gasteiger partial charge is 0.352 e. The van der Waals surface area contributed by atoms with Gasteiger partial charge in [0.05, 0.1) is 0 Å². The van der Waals surface area contributed by atoms with Crippen LogP contribution in [0.4, 0.5) is 0 Å². The monoisotopic (exact) mass is 548 g/mol. The number of rotatable bonds is 11. The van der Waals surface area contributed by atoms with E-state index in [4.69, 9.17) is 11.6 Å². The lowest BCUT2D eigenvalue weighted by molar-refractivity contribution is -0.141. The number of benzene rings is 3. The quantitative estimate of drug-likeness (QED) is 0.257. The maximum Gasteiger partial charge on any atom is 0.243 e. The average molecular weight is 549 g/mol. The van der Waals surface area contributed by atoms with Crippen LogP contribution in [0.15, 0.2) is 83.8 Å². The molecule has 1 aliphatic rings. The summed E-state index contributed by atoms with van der Waals surface area (Å²) in [5, 5.41) is 3.92. The lowest BCUT2D eigenvalue weighted by atomic mass is 9.94. The Hall–Kier alpha value is -2.76. The van der Waals surface area contributed by atoms with Crippen molar-refractivity contribution in [3.05, 3.63) is 101 Å². The summed E-state index contributed by atoms with van der Waals surface area (Å²) in [4.78, 5) is 30.5. The fourth-order valence-electron chi connectivity index (χ4n) is 4.96. The Bertz CT molecular complexity index is 1180. The van der Waals surface area contributed by atoms with Gasteiger partial charge in [0, 0.05) is 41.1 Å². The molecule has 6 heteroatoms. The maximum absolute atomic E-state index is 13.8. The summed E-state index contributed by atoms with van der Waals surface area (Å²) in [5.41, 5.74) is 3.17. The van der Waals surface area contributed by atoms with Crippen molar-refractivity contribution < 1.29 is 9.59 Å². The molecule has 1 N–H and O–H groups in total. The molecule has 0 spiro atoms. The van der Waals surface area contributed by atoms with Gasteiger partial charge in [0.15, 0.2) is 0 Å². The minimum Gasteiger partial charge on any atom is -0.352 e. The van der Waals surface area contributed by atoms with E-state index in [1.54, 1.807) is 16.7 Å². The van der Waals surface area contributed by atoms with Gasteiger partial charge in [-0.25, -0.2) is 0 Å². The molecule has 0 radical (unpaired) electrons. The summed E-state index contributed by atoms with van der Waals surface area (Å²) in [6.45, 7) is 2.40. The van der Waals surface area contributed by atoms with Crippen LogP contribution < -0.4 is 5.32 Å². The van der Waals surface area contributed by atoms with Crippen LogP contribution in [0, 0.1) is 6.92 Å². The van der Waals surface area contributed by atoms with Gasteiger partial charge in [0.1, 0.15) is 6.04 Å². The van der Waals surface area contributed by atoms with E-state index in [1.807, 2.05) is 54.6 Å². The SMILES string of the molecule is Cc1ccc(SCCC(=O)N(Cc2cccc(Cl)c2)C(Cc2ccccc2)C(=O)NC2CCCCC2)cc1. The highest BCUT2D eigenvalue weighted by atomic mass is 35.5. The highest BCUT2D eigenvalue weighted by molar-refractivity contribution is 7.99. The molecule has 1 atom stereocenters. The van der Waals surface area contributed by atoms with E-state index < -0.39 is 6.04 Å². The lowest BCUT2D eigenvalue weighted by Gasteiger charge is -2.33. The van der Waals surface area contributed by atoms with Crippen molar-refractivity contribution in [2.75, 3.05) is 5.75 Å². The second-order valence-electron chi connectivity index (χ2n) is 10.1. The van der Waals surface area contributed by atoms with Gasteiger partial charge in [-0.15, -0.1) is 11.8 Å². The molecule has 0 saturated heterocycles. The highest BCUT2D eigenvalue weighted by Gasteiger charge is 2.31. The van der Waals surface area contributed by atoms with Gasteiger partial charge in [-0.05, 0) is 55.2 Å². The molecule has 4 nitrogen and oxygen atoms in total. The van der Waals surface area contributed by atoms with Crippen LogP contribution in [-0.2, 0) is 22.6 Å². The number of carbonyl (C=O) groups excluding carboxylic acids is 2.